The van der Waals surface area contributed by atoms with Crippen molar-refractivity contribution in [1.29, 1.82) is 0 Å². The van der Waals surface area contributed by atoms with Gasteiger partial charge in [-0.15, -0.1) is 13.2 Å². The summed E-state index contributed by atoms with van der Waals surface area (Å²) >= 11 is 8.53. The summed E-state index contributed by atoms with van der Waals surface area (Å²) in [5.74, 6) is -0.671. The summed E-state index contributed by atoms with van der Waals surface area (Å²) in [5.41, 5.74) is -0.419. The lowest BCUT2D eigenvalue weighted by atomic mass is 10.3. The van der Waals surface area contributed by atoms with Crippen molar-refractivity contribution in [1.82, 2.24) is 0 Å². The van der Waals surface area contributed by atoms with E-state index in [1.54, 1.807) is 0 Å². The standard InChI is InChI=1S/C8H2BrClF3NO2/c9-4-1-5(10)7(14-3-15)6(2-4)16-8(11,12)13/h1-2H. The highest BCUT2D eigenvalue weighted by atomic mass is 79.9. The van der Waals surface area contributed by atoms with E-state index in [1.807, 2.05) is 0 Å². The van der Waals surface area contributed by atoms with Crippen LogP contribution in [0.15, 0.2) is 21.6 Å². The number of benzene rings is 1. The third-order valence-corrected chi connectivity index (χ3v) is 2.12. The number of halogens is 5. The molecule has 0 aliphatic rings. The predicted octanol–water partition coefficient (Wildman–Crippen LogP) is 3.97. The topological polar surface area (TPSA) is 38.7 Å². The van der Waals surface area contributed by atoms with Gasteiger partial charge in [0, 0.05) is 4.47 Å². The van der Waals surface area contributed by atoms with Gasteiger partial charge in [0.05, 0.1) is 5.02 Å². The van der Waals surface area contributed by atoms with E-state index < -0.39 is 17.8 Å². The zero-order chi connectivity index (χ0) is 12.3. The number of isocyanates is 1. The van der Waals surface area contributed by atoms with E-state index in [-0.39, 0.29) is 9.50 Å². The molecule has 3 nitrogen and oxygen atoms in total. The van der Waals surface area contributed by atoms with Crippen LogP contribution in [0.4, 0.5) is 18.9 Å². The van der Waals surface area contributed by atoms with Crippen molar-refractivity contribution in [3.05, 3.63) is 21.6 Å². The highest BCUT2D eigenvalue weighted by Crippen LogP contribution is 2.40. The maximum Gasteiger partial charge on any atom is 0.573 e. The number of aliphatic imine (C=N–C) groups is 1. The molecule has 0 radical (unpaired) electrons. The monoisotopic (exact) mass is 315 g/mol. The SMILES string of the molecule is O=C=Nc1c(Cl)cc(Br)cc1OC(F)(F)F. The molecular weight excluding hydrogens is 314 g/mol. The summed E-state index contributed by atoms with van der Waals surface area (Å²) in [6.45, 7) is 0. The van der Waals surface area contributed by atoms with Gasteiger partial charge in [0.25, 0.3) is 0 Å². The number of rotatable bonds is 2. The summed E-state index contributed by atoms with van der Waals surface area (Å²) in [6, 6.07) is 2.27. The van der Waals surface area contributed by atoms with Gasteiger partial charge in [-0.05, 0) is 12.1 Å². The third-order valence-electron chi connectivity index (χ3n) is 1.38. The quantitative estimate of drug-likeness (QED) is 0.612. The van der Waals surface area contributed by atoms with Crippen molar-refractivity contribution < 1.29 is 22.7 Å². The van der Waals surface area contributed by atoms with Crippen LogP contribution in [0, 0.1) is 0 Å². The molecule has 0 saturated carbocycles. The first-order chi connectivity index (χ1) is 7.33. The van der Waals surface area contributed by atoms with E-state index >= 15 is 0 Å². The van der Waals surface area contributed by atoms with Crippen LogP contribution < -0.4 is 4.74 Å². The molecule has 0 fully saturated rings. The zero-order valence-electron chi connectivity index (χ0n) is 7.31. The molecule has 0 spiro atoms. The molecule has 0 amide bonds. The summed E-state index contributed by atoms with van der Waals surface area (Å²) in [6.07, 6.45) is -3.79. The van der Waals surface area contributed by atoms with Crippen LogP contribution in [-0.4, -0.2) is 12.4 Å². The Morgan fingerprint density at radius 1 is 1.44 bits per heavy atom. The molecule has 1 aromatic rings. The van der Waals surface area contributed by atoms with Crippen LogP contribution in [0.25, 0.3) is 0 Å². The van der Waals surface area contributed by atoms with E-state index in [4.69, 9.17) is 11.6 Å². The molecule has 0 heterocycles. The van der Waals surface area contributed by atoms with Gasteiger partial charge >= 0.3 is 6.36 Å². The first-order valence-corrected chi connectivity index (χ1v) is 4.83. The minimum Gasteiger partial charge on any atom is -0.403 e. The second-order valence-corrected chi connectivity index (χ2v) is 3.81. The normalized spacial score (nSPS) is 10.8. The van der Waals surface area contributed by atoms with E-state index in [0.29, 0.717) is 0 Å². The first-order valence-electron chi connectivity index (χ1n) is 3.66. The number of ether oxygens (including phenoxy) is 1. The lowest BCUT2D eigenvalue weighted by Crippen LogP contribution is -2.17. The largest absolute Gasteiger partial charge is 0.573 e. The van der Waals surface area contributed by atoms with Crippen LogP contribution in [0.5, 0.6) is 5.75 Å². The molecule has 0 bridgehead atoms. The average molecular weight is 316 g/mol. The fourth-order valence-electron chi connectivity index (χ4n) is 0.899. The summed E-state index contributed by atoms with van der Waals surface area (Å²) in [5, 5.41) is -0.156. The second kappa shape index (κ2) is 4.86. The molecule has 0 unspecified atom stereocenters. The number of alkyl halides is 3. The highest BCUT2D eigenvalue weighted by Gasteiger charge is 2.32. The Labute approximate surface area is 101 Å². The summed E-state index contributed by atoms with van der Waals surface area (Å²) < 4.78 is 39.9. The van der Waals surface area contributed by atoms with Crippen molar-refractivity contribution in [2.75, 3.05) is 0 Å². The van der Waals surface area contributed by atoms with Gasteiger partial charge in [0.2, 0.25) is 6.08 Å². The Morgan fingerprint density at radius 2 is 2.06 bits per heavy atom. The van der Waals surface area contributed by atoms with Crippen LogP contribution in [0.3, 0.4) is 0 Å². The van der Waals surface area contributed by atoms with E-state index in [9.17, 15) is 18.0 Å². The molecule has 0 atom stereocenters. The number of carbonyl (C=O) groups excluding carboxylic acids is 1. The van der Waals surface area contributed by atoms with Gasteiger partial charge in [-0.1, -0.05) is 27.5 Å². The Hall–Kier alpha value is -1.04. The smallest absolute Gasteiger partial charge is 0.403 e. The Balaban J connectivity index is 3.29. The van der Waals surface area contributed by atoms with Gasteiger partial charge in [-0.25, -0.2) is 4.79 Å². The van der Waals surface area contributed by atoms with Crippen LogP contribution in [0.1, 0.15) is 0 Å². The maximum absolute atomic E-state index is 12.0. The van der Waals surface area contributed by atoms with Crippen molar-refractivity contribution in [2.45, 2.75) is 6.36 Å². The minimum absolute atomic E-state index is 0.156. The van der Waals surface area contributed by atoms with Crippen molar-refractivity contribution in [2.24, 2.45) is 4.99 Å². The average Bonchev–Trinajstić information content (AvgIpc) is 2.08. The van der Waals surface area contributed by atoms with Gasteiger partial charge in [-0.3, -0.25) is 0 Å². The summed E-state index contributed by atoms with van der Waals surface area (Å²) in [7, 11) is 0. The summed E-state index contributed by atoms with van der Waals surface area (Å²) in [4.78, 5) is 13.1. The molecule has 0 saturated heterocycles. The molecule has 1 rings (SSSR count). The molecular formula is C8H2BrClF3NO2. The van der Waals surface area contributed by atoms with E-state index in [1.165, 1.54) is 6.07 Å². The van der Waals surface area contributed by atoms with Crippen molar-refractivity contribution in [3.8, 4) is 5.75 Å². The second-order valence-electron chi connectivity index (χ2n) is 2.49. The van der Waals surface area contributed by atoms with Crippen LogP contribution >= 0.6 is 27.5 Å². The third kappa shape index (κ3) is 3.52. The number of nitrogens with zero attached hydrogens (tertiary/aromatic N) is 1. The van der Waals surface area contributed by atoms with Gasteiger partial charge < -0.3 is 4.74 Å². The lowest BCUT2D eigenvalue weighted by molar-refractivity contribution is -0.274. The molecule has 86 valence electrons. The maximum atomic E-state index is 12.0. The number of hydrogen-bond donors (Lipinski definition) is 0. The van der Waals surface area contributed by atoms with E-state index in [0.717, 1.165) is 12.1 Å². The fourth-order valence-corrected chi connectivity index (χ4v) is 1.72. The first kappa shape index (κ1) is 13.0. The number of hydrogen-bond acceptors (Lipinski definition) is 3. The molecule has 16 heavy (non-hydrogen) atoms. The predicted molar refractivity (Wildman–Crippen MR) is 53.6 cm³/mol. The molecule has 0 aliphatic heterocycles. The molecule has 0 N–H and O–H groups in total. The van der Waals surface area contributed by atoms with Gasteiger partial charge in [0.1, 0.15) is 5.69 Å². The zero-order valence-corrected chi connectivity index (χ0v) is 9.65. The van der Waals surface area contributed by atoms with Crippen molar-refractivity contribution >= 4 is 39.3 Å². The Kier molecular flexibility index (Phi) is 3.96. The van der Waals surface area contributed by atoms with E-state index in [2.05, 4.69) is 25.7 Å². The highest BCUT2D eigenvalue weighted by molar-refractivity contribution is 9.10. The Bertz CT molecular complexity index is 457. The minimum atomic E-state index is -4.89. The molecule has 0 aliphatic carbocycles. The van der Waals surface area contributed by atoms with Crippen LogP contribution in [-0.2, 0) is 4.79 Å². The Morgan fingerprint density at radius 3 is 2.56 bits per heavy atom. The molecule has 0 aromatic heterocycles. The van der Waals surface area contributed by atoms with Crippen molar-refractivity contribution in [3.63, 3.8) is 0 Å². The van der Waals surface area contributed by atoms with Gasteiger partial charge in [-0.2, -0.15) is 4.99 Å². The van der Waals surface area contributed by atoms with Crippen LogP contribution in [0.2, 0.25) is 5.02 Å². The molecule has 1 aromatic carbocycles. The fraction of sp³-hybridized carbons (Fsp3) is 0.125. The lowest BCUT2D eigenvalue weighted by Gasteiger charge is -2.11. The van der Waals surface area contributed by atoms with Gasteiger partial charge in [0.15, 0.2) is 5.75 Å². The molecule has 8 heteroatoms.